The first-order valence-electron chi connectivity index (χ1n) is 4.10. The van der Waals surface area contributed by atoms with Crippen LogP contribution in [0.25, 0.3) is 11.0 Å². The minimum Gasteiger partial charge on any atom is -0.460 e. The highest BCUT2D eigenvalue weighted by molar-refractivity contribution is 6.35. The van der Waals surface area contributed by atoms with Gasteiger partial charge in [0, 0.05) is 11.1 Å². The van der Waals surface area contributed by atoms with Gasteiger partial charge in [-0.1, -0.05) is 11.6 Å². The lowest BCUT2D eigenvalue weighted by molar-refractivity contribution is -0.105. The number of amides is 1. The summed E-state index contributed by atoms with van der Waals surface area (Å²) in [7, 11) is 0. The zero-order valence-electron chi connectivity index (χ0n) is 7.50. The molecule has 1 N–H and O–H groups in total. The Balaban J connectivity index is 2.64. The second-order valence-electron chi connectivity index (χ2n) is 3.00. The van der Waals surface area contributed by atoms with Crippen LogP contribution >= 0.6 is 11.6 Å². The van der Waals surface area contributed by atoms with Crippen molar-refractivity contribution in [1.82, 2.24) is 0 Å². The zero-order valence-corrected chi connectivity index (χ0v) is 8.26. The minimum absolute atomic E-state index is 0.500. The molecule has 14 heavy (non-hydrogen) atoms. The number of halogens is 1. The summed E-state index contributed by atoms with van der Waals surface area (Å²) in [5.41, 5.74) is 1.32. The van der Waals surface area contributed by atoms with E-state index < -0.39 is 0 Å². The van der Waals surface area contributed by atoms with E-state index in [2.05, 4.69) is 5.32 Å². The van der Waals surface area contributed by atoms with Crippen LogP contribution in [-0.2, 0) is 4.79 Å². The van der Waals surface area contributed by atoms with Crippen molar-refractivity contribution in [2.24, 2.45) is 0 Å². The fourth-order valence-corrected chi connectivity index (χ4v) is 1.66. The van der Waals surface area contributed by atoms with E-state index in [-0.39, 0.29) is 0 Å². The summed E-state index contributed by atoms with van der Waals surface area (Å²) < 4.78 is 5.38. The van der Waals surface area contributed by atoms with E-state index in [1.807, 2.05) is 19.1 Å². The molecule has 0 saturated heterocycles. The molecular formula is C10H8ClNO2. The molecule has 0 radical (unpaired) electrons. The van der Waals surface area contributed by atoms with Gasteiger partial charge in [-0.25, -0.2) is 0 Å². The van der Waals surface area contributed by atoms with Crippen LogP contribution in [0.4, 0.5) is 5.69 Å². The van der Waals surface area contributed by atoms with Gasteiger partial charge in [0.25, 0.3) is 0 Å². The molecule has 4 heteroatoms. The van der Waals surface area contributed by atoms with Crippen LogP contribution in [0.3, 0.4) is 0 Å². The normalized spacial score (nSPS) is 10.4. The van der Waals surface area contributed by atoms with Crippen molar-refractivity contribution in [2.75, 3.05) is 5.32 Å². The smallest absolute Gasteiger partial charge is 0.211 e. The molecule has 0 atom stereocenters. The van der Waals surface area contributed by atoms with Crippen molar-refractivity contribution in [3.05, 3.63) is 29.0 Å². The number of carbonyl (C=O) groups is 1. The average Bonchev–Trinajstić information content (AvgIpc) is 2.47. The molecule has 0 aliphatic heterocycles. The number of nitrogens with one attached hydrogen (secondary N) is 1. The zero-order chi connectivity index (χ0) is 10.1. The number of anilines is 1. The predicted octanol–water partition coefficient (Wildman–Crippen LogP) is 2.96. The van der Waals surface area contributed by atoms with Gasteiger partial charge in [-0.15, -0.1) is 0 Å². The van der Waals surface area contributed by atoms with Gasteiger partial charge >= 0.3 is 0 Å². The number of fused-ring (bicyclic) bond motifs is 1. The van der Waals surface area contributed by atoms with Crippen LogP contribution in [0.1, 0.15) is 5.76 Å². The first-order chi connectivity index (χ1) is 6.70. The Morgan fingerprint density at radius 1 is 1.43 bits per heavy atom. The molecule has 0 unspecified atom stereocenters. The maximum Gasteiger partial charge on any atom is 0.211 e. The predicted molar refractivity (Wildman–Crippen MR) is 55.6 cm³/mol. The van der Waals surface area contributed by atoms with E-state index in [0.717, 1.165) is 11.1 Å². The van der Waals surface area contributed by atoms with E-state index in [4.69, 9.17) is 16.0 Å². The second-order valence-corrected chi connectivity index (χ2v) is 3.40. The largest absolute Gasteiger partial charge is 0.460 e. The summed E-state index contributed by atoms with van der Waals surface area (Å²) in [5.74, 6) is 0.796. The Labute approximate surface area is 85.7 Å². The Morgan fingerprint density at radius 2 is 2.21 bits per heavy atom. The summed E-state index contributed by atoms with van der Waals surface area (Å²) in [6.07, 6.45) is 0.616. The molecule has 0 bridgehead atoms. The van der Waals surface area contributed by atoms with Crippen molar-refractivity contribution in [3.63, 3.8) is 0 Å². The lowest BCUT2D eigenvalue weighted by atomic mass is 10.2. The molecule has 0 saturated carbocycles. The van der Waals surface area contributed by atoms with Gasteiger partial charge in [0.05, 0.1) is 5.02 Å². The quantitative estimate of drug-likeness (QED) is 0.773. The Hall–Kier alpha value is -1.48. The Kier molecular flexibility index (Phi) is 2.17. The molecule has 1 heterocycles. The highest BCUT2D eigenvalue weighted by Crippen LogP contribution is 2.30. The highest BCUT2D eigenvalue weighted by Gasteiger charge is 2.06. The van der Waals surface area contributed by atoms with E-state index >= 15 is 0 Å². The van der Waals surface area contributed by atoms with Crippen LogP contribution in [0.15, 0.2) is 22.6 Å². The minimum atomic E-state index is 0.500. The fraction of sp³-hybridized carbons (Fsp3) is 0.100. The monoisotopic (exact) mass is 209 g/mol. The van der Waals surface area contributed by atoms with Gasteiger partial charge in [-0.05, 0) is 25.1 Å². The standard InChI is InChI=1S/C10H8ClNO2/c1-6-2-7-3-8(12-5-13)4-9(11)10(7)14-6/h2-5H,1H3,(H,12,13). The van der Waals surface area contributed by atoms with Crippen molar-refractivity contribution in [3.8, 4) is 0 Å². The fourth-order valence-electron chi connectivity index (χ4n) is 1.39. The molecule has 2 aromatic rings. The van der Waals surface area contributed by atoms with Crippen molar-refractivity contribution in [1.29, 1.82) is 0 Å². The van der Waals surface area contributed by atoms with E-state index in [0.29, 0.717) is 22.7 Å². The van der Waals surface area contributed by atoms with Gasteiger partial charge in [-0.2, -0.15) is 0 Å². The van der Waals surface area contributed by atoms with E-state index in [9.17, 15) is 4.79 Å². The molecule has 2 rings (SSSR count). The number of hydrogen-bond donors (Lipinski definition) is 1. The van der Waals surface area contributed by atoms with E-state index in [1.54, 1.807) is 6.07 Å². The van der Waals surface area contributed by atoms with Crippen molar-refractivity contribution in [2.45, 2.75) is 6.92 Å². The maximum atomic E-state index is 10.2. The third kappa shape index (κ3) is 1.46. The van der Waals surface area contributed by atoms with Crippen LogP contribution in [0.2, 0.25) is 5.02 Å². The number of aryl methyl sites for hydroxylation is 1. The summed E-state index contributed by atoms with van der Waals surface area (Å²) in [4.78, 5) is 10.2. The molecule has 3 nitrogen and oxygen atoms in total. The number of carbonyl (C=O) groups excluding carboxylic acids is 1. The van der Waals surface area contributed by atoms with E-state index in [1.165, 1.54) is 0 Å². The number of benzene rings is 1. The Morgan fingerprint density at radius 3 is 2.93 bits per heavy atom. The van der Waals surface area contributed by atoms with Crippen LogP contribution in [0, 0.1) is 6.92 Å². The van der Waals surface area contributed by atoms with Gasteiger partial charge in [0.2, 0.25) is 6.41 Å². The van der Waals surface area contributed by atoms with Crippen LogP contribution < -0.4 is 5.32 Å². The third-order valence-corrected chi connectivity index (χ3v) is 2.20. The van der Waals surface area contributed by atoms with Crippen molar-refractivity contribution >= 4 is 34.7 Å². The van der Waals surface area contributed by atoms with Gasteiger partial charge < -0.3 is 9.73 Å². The van der Waals surface area contributed by atoms with Gasteiger partial charge in [0.15, 0.2) is 5.58 Å². The Bertz CT molecular complexity index is 490. The van der Waals surface area contributed by atoms with Crippen molar-refractivity contribution < 1.29 is 9.21 Å². The molecule has 0 fully saturated rings. The summed E-state index contributed by atoms with van der Waals surface area (Å²) in [6, 6.07) is 5.34. The molecule has 1 aromatic carbocycles. The highest BCUT2D eigenvalue weighted by atomic mass is 35.5. The molecule has 1 aromatic heterocycles. The molecule has 0 aliphatic carbocycles. The lowest BCUT2D eigenvalue weighted by Gasteiger charge is -1.99. The molecule has 1 amide bonds. The molecule has 72 valence electrons. The van der Waals surface area contributed by atoms with Gasteiger partial charge in [0.1, 0.15) is 5.76 Å². The number of furan rings is 1. The van der Waals surface area contributed by atoms with Gasteiger partial charge in [-0.3, -0.25) is 4.79 Å². The molecule has 0 spiro atoms. The molecular weight excluding hydrogens is 202 g/mol. The second kappa shape index (κ2) is 3.35. The summed E-state index contributed by atoms with van der Waals surface area (Å²) in [5, 5.41) is 3.93. The average molecular weight is 210 g/mol. The lowest BCUT2D eigenvalue weighted by Crippen LogP contribution is -1.92. The van der Waals surface area contributed by atoms with Crippen LogP contribution in [-0.4, -0.2) is 6.41 Å². The first-order valence-corrected chi connectivity index (χ1v) is 4.48. The third-order valence-electron chi connectivity index (χ3n) is 1.92. The first kappa shape index (κ1) is 9.09. The summed E-state index contributed by atoms with van der Waals surface area (Å²) in [6.45, 7) is 1.85. The number of rotatable bonds is 2. The number of hydrogen-bond acceptors (Lipinski definition) is 2. The molecule has 0 aliphatic rings. The summed E-state index contributed by atoms with van der Waals surface area (Å²) >= 11 is 5.96. The topological polar surface area (TPSA) is 42.2 Å². The maximum absolute atomic E-state index is 10.2. The van der Waals surface area contributed by atoms with Crippen LogP contribution in [0.5, 0.6) is 0 Å². The SMILES string of the molecule is Cc1cc2cc(NC=O)cc(Cl)c2o1.